The smallest absolute Gasteiger partial charge is 0.260 e. The van der Waals surface area contributed by atoms with Crippen molar-refractivity contribution in [1.82, 2.24) is 4.57 Å². The lowest BCUT2D eigenvalue weighted by Gasteiger charge is -2.18. The van der Waals surface area contributed by atoms with E-state index >= 15 is 0 Å². The molecule has 29 heavy (non-hydrogen) atoms. The quantitative estimate of drug-likeness (QED) is 0.690. The van der Waals surface area contributed by atoms with Crippen LogP contribution in [0.25, 0.3) is 5.69 Å². The topological polar surface area (TPSA) is 85.4 Å². The number of rotatable bonds is 3. The standard InChI is InChI=1S/C21H20ClN3O3S/c1-13-11-19(14(2)25(13)17-6-4-16(22)5-7-17)21(26)24-10-9-15-3-8-18(12-20(15)24)29(23,27)28/h3-8,11-12H,9-10H2,1-2H3,(H2,23,27,28). The van der Waals surface area contributed by atoms with Crippen molar-refractivity contribution < 1.29 is 13.2 Å². The zero-order valence-corrected chi connectivity index (χ0v) is 17.6. The number of hydrogen-bond acceptors (Lipinski definition) is 3. The number of hydrogen-bond donors (Lipinski definition) is 1. The van der Waals surface area contributed by atoms with Crippen LogP contribution in [0.3, 0.4) is 0 Å². The summed E-state index contributed by atoms with van der Waals surface area (Å²) < 4.78 is 25.4. The van der Waals surface area contributed by atoms with Crippen molar-refractivity contribution in [1.29, 1.82) is 0 Å². The van der Waals surface area contributed by atoms with Gasteiger partial charge in [0, 0.05) is 34.3 Å². The van der Waals surface area contributed by atoms with E-state index in [0.29, 0.717) is 29.2 Å². The Morgan fingerprint density at radius 2 is 1.76 bits per heavy atom. The molecule has 1 amide bonds. The van der Waals surface area contributed by atoms with Crippen LogP contribution in [-0.2, 0) is 16.4 Å². The largest absolute Gasteiger partial charge is 0.318 e. The molecule has 2 N–H and O–H groups in total. The predicted molar refractivity (Wildman–Crippen MR) is 113 cm³/mol. The number of aromatic nitrogens is 1. The third-order valence-electron chi connectivity index (χ3n) is 5.27. The molecule has 2 aromatic carbocycles. The maximum Gasteiger partial charge on any atom is 0.260 e. The van der Waals surface area contributed by atoms with E-state index in [-0.39, 0.29) is 10.8 Å². The fourth-order valence-electron chi connectivity index (χ4n) is 3.86. The molecule has 0 saturated carbocycles. The van der Waals surface area contributed by atoms with Gasteiger partial charge in [-0.2, -0.15) is 0 Å². The van der Waals surface area contributed by atoms with Gasteiger partial charge < -0.3 is 9.47 Å². The second-order valence-corrected chi connectivity index (χ2v) is 9.14. The first-order valence-electron chi connectivity index (χ1n) is 9.09. The molecule has 150 valence electrons. The van der Waals surface area contributed by atoms with Crippen LogP contribution >= 0.6 is 11.6 Å². The van der Waals surface area contributed by atoms with E-state index in [1.807, 2.05) is 48.7 Å². The average molecular weight is 430 g/mol. The van der Waals surface area contributed by atoms with Crippen LogP contribution < -0.4 is 10.0 Å². The Morgan fingerprint density at radius 3 is 2.41 bits per heavy atom. The molecule has 0 aliphatic carbocycles. The van der Waals surface area contributed by atoms with Gasteiger partial charge in [-0.1, -0.05) is 17.7 Å². The van der Waals surface area contributed by atoms with Crippen LogP contribution in [0.5, 0.6) is 0 Å². The van der Waals surface area contributed by atoms with Gasteiger partial charge in [0.1, 0.15) is 0 Å². The Morgan fingerprint density at radius 1 is 1.07 bits per heavy atom. The Labute approximate surface area is 174 Å². The molecule has 6 nitrogen and oxygen atoms in total. The number of fused-ring (bicyclic) bond motifs is 1. The van der Waals surface area contributed by atoms with Gasteiger partial charge in [-0.05, 0) is 68.3 Å². The Hall–Kier alpha value is -2.61. The van der Waals surface area contributed by atoms with Crippen molar-refractivity contribution in [3.63, 3.8) is 0 Å². The molecule has 0 unspecified atom stereocenters. The van der Waals surface area contributed by atoms with E-state index < -0.39 is 10.0 Å². The van der Waals surface area contributed by atoms with Crippen LogP contribution in [-0.4, -0.2) is 25.4 Å². The summed E-state index contributed by atoms with van der Waals surface area (Å²) in [6, 6.07) is 14.0. The van der Waals surface area contributed by atoms with Crippen LogP contribution in [0.1, 0.15) is 27.3 Å². The lowest BCUT2D eigenvalue weighted by Crippen LogP contribution is -2.29. The van der Waals surface area contributed by atoms with Gasteiger partial charge in [-0.25, -0.2) is 13.6 Å². The van der Waals surface area contributed by atoms with E-state index in [4.69, 9.17) is 16.7 Å². The number of halogens is 1. The summed E-state index contributed by atoms with van der Waals surface area (Å²) in [7, 11) is -3.84. The SMILES string of the molecule is Cc1cc(C(=O)N2CCc3ccc(S(N)(=O)=O)cc32)c(C)n1-c1ccc(Cl)cc1. The van der Waals surface area contributed by atoms with Gasteiger partial charge in [0.15, 0.2) is 0 Å². The number of benzene rings is 2. The molecule has 8 heteroatoms. The third kappa shape index (κ3) is 3.46. The molecular formula is C21H20ClN3O3S. The molecule has 0 fully saturated rings. The maximum atomic E-state index is 13.4. The number of nitrogens with zero attached hydrogens (tertiary/aromatic N) is 2. The minimum absolute atomic E-state index is 0.00240. The van der Waals surface area contributed by atoms with Gasteiger partial charge in [-0.3, -0.25) is 4.79 Å². The number of carbonyl (C=O) groups excluding carboxylic acids is 1. The summed E-state index contributed by atoms with van der Waals surface area (Å²) in [5.41, 5.74) is 4.75. The predicted octanol–water partition coefficient (Wildman–Crippen LogP) is 3.60. The van der Waals surface area contributed by atoms with E-state index in [1.165, 1.54) is 12.1 Å². The number of anilines is 1. The summed E-state index contributed by atoms with van der Waals surface area (Å²) in [5, 5.41) is 5.91. The Kier molecular flexibility index (Phi) is 4.77. The van der Waals surface area contributed by atoms with Crippen LogP contribution in [0, 0.1) is 13.8 Å². The lowest BCUT2D eigenvalue weighted by molar-refractivity contribution is 0.0988. The van der Waals surface area contributed by atoms with Gasteiger partial charge in [0.05, 0.1) is 10.5 Å². The van der Waals surface area contributed by atoms with Crippen molar-refractivity contribution in [3.05, 3.63) is 76.1 Å². The molecule has 0 bridgehead atoms. The van der Waals surface area contributed by atoms with Gasteiger partial charge in [0.2, 0.25) is 10.0 Å². The van der Waals surface area contributed by atoms with Gasteiger partial charge >= 0.3 is 0 Å². The fourth-order valence-corrected chi connectivity index (χ4v) is 4.52. The minimum Gasteiger partial charge on any atom is -0.318 e. The molecule has 0 spiro atoms. The van der Waals surface area contributed by atoms with Gasteiger partial charge in [0.25, 0.3) is 5.91 Å². The second-order valence-electron chi connectivity index (χ2n) is 7.14. The first kappa shape index (κ1) is 19.7. The fraction of sp³-hybridized carbons (Fsp3) is 0.190. The Balaban J connectivity index is 1.75. The van der Waals surface area contributed by atoms with Crippen molar-refractivity contribution in [2.45, 2.75) is 25.2 Å². The van der Waals surface area contributed by atoms with Crippen LogP contribution in [0.2, 0.25) is 5.02 Å². The Bertz CT molecular complexity index is 1230. The van der Waals surface area contributed by atoms with E-state index in [2.05, 4.69) is 0 Å². The number of carbonyl (C=O) groups is 1. The molecule has 2 heterocycles. The molecule has 0 radical (unpaired) electrons. The monoisotopic (exact) mass is 429 g/mol. The van der Waals surface area contributed by atoms with Crippen LogP contribution in [0.4, 0.5) is 5.69 Å². The molecule has 0 saturated heterocycles. The summed E-state index contributed by atoms with van der Waals surface area (Å²) in [5.74, 6) is -0.163. The summed E-state index contributed by atoms with van der Waals surface area (Å²) in [4.78, 5) is 15.0. The molecule has 1 aromatic heterocycles. The molecule has 1 aliphatic rings. The number of nitrogens with two attached hydrogens (primary N) is 1. The summed E-state index contributed by atoms with van der Waals surface area (Å²) >= 11 is 5.99. The summed E-state index contributed by atoms with van der Waals surface area (Å²) in [6.45, 7) is 4.33. The normalized spacial score (nSPS) is 13.6. The molecule has 1 aliphatic heterocycles. The zero-order valence-electron chi connectivity index (χ0n) is 16.0. The molecule has 4 rings (SSSR count). The second kappa shape index (κ2) is 7.02. The highest BCUT2D eigenvalue weighted by atomic mass is 35.5. The number of primary sulfonamides is 1. The van der Waals surface area contributed by atoms with Gasteiger partial charge in [-0.15, -0.1) is 0 Å². The van der Waals surface area contributed by atoms with Crippen molar-refractivity contribution in [3.8, 4) is 5.69 Å². The molecule has 3 aromatic rings. The third-order valence-corrected chi connectivity index (χ3v) is 6.44. The average Bonchev–Trinajstić information content (AvgIpc) is 3.22. The van der Waals surface area contributed by atoms with E-state index in [1.54, 1.807) is 11.0 Å². The number of aryl methyl sites for hydroxylation is 1. The lowest BCUT2D eigenvalue weighted by atomic mass is 10.1. The summed E-state index contributed by atoms with van der Waals surface area (Å²) in [6.07, 6.45) is 0.669. The van der Waals surface area contributed by atoms with Crippen molar-refractivity contribution in [2.75, 3.05) is 11.4 Å². The molecule has 0 atom stereocenters. The first-order chi connectivity index (χ1) is 13.7. The first-order valence-corrected chi connectivity index (χ1v) is 11.0. The van der Waals surface area contributed by atoms with E-state index in [0.717, 1.165) is 22.6 Å². The van der Waals surface area contributed by atoms with Crippen molar-refractivity contribution >= 4 is 33.2 Å². The zero-order chi connectivity index (χ0) is 20.9. The maximum absolute atomic E-state index is 13.4. The van der Waals surface area contributed by atoms with E-state index in [9.17, 15) is 13.2 Å². The number of amides is 1. The van der Waals surface area contributed by atoms with Crippen molar-refractivity contribution in [2.24, 2.45) is 5.14 Å². The minimum atomic E-state index is -3.84. The highest BCUT2D eigenvalue weighted by Gasteiger charge is 2.29. The molecular weight excluding hydrogens is 410 g/mol. The highest BCUT2D eigenvalue weighted by Crippen LogP contribution is 2.33. The highest BCUT2D eigenvalue weighted by molar-refractivity contribution is 7.89. The van der Waals surface area contributed by atoms with Crippen LogP contribution in [0.15, 0.2) is 53.4 Å². The number of sulfonamides is 1.